The molecule has 2 aromatic rings. The number of amides is 1. The maximum atomic E-state index is 12.5. The van der Waals surface area contributed by atoms with Crippen LogP contribution in [0.2, 0.25) is 0 Å². The van der Waals surface area contributed by atoms with Crippen molar-refractivity contribution in [2.75, 3.05) is 57.7 Å². The summed E-state index contributed by atoms with van der Waals surface area (Å²) >= 11 is 0. The molecular weight excluding hydrogens is 332 g/mol. The summed E-state index contributed by atoms with van der Waals surface area (Å²) in [6, 6.07) is 8.94. The number of carbonyl (C=O) groups excluding carboxylic acids is 1. The number of piperazine rings is 1. The van der Waals surface area contributed by atoms with Gasteiger partial charge < -0.3 is 24.6 Å². The topological polar surface area (TPSA) is 66.9 Å². The van der Waals surface area contributed by atoms with Gasteiger partial charge >= 0.3 is 0 Å². The predicted molar refractivity (Wildman–Crippen MR) is 101 cm³/mol. The van der Waals surface area contributed by atoms with Gasteiger partial charge in [0.05, 0.1) is 25.5 Å². The number of hydrogen-bond donors (Lipinski definition) is 1. The summed E-state index contributed by atoms with van der Waals surface area (Å²) in [7, 11) is 5.25. The van der Waals surface area contributed by atoms with Crippen molar-refractivity contribution in [3.63, 3.8) is 0 Å². The van der Waals surface area contributed by atoms with E-state index in [4.69, 9.17) is 9.47 Å². The smallest absolute Gasteiger partial charge is 0.257 e. The van der Waals surface area contributed by atoms with Crippen LogP contribution in [0.15, 0.2) is 36.5 Å². The Hall–Kier alpha value is -2.80. The number of hydrogen-bond acceptors (Lipinski definition) is 6. The van der Waals surface area contributed by atoms with Crippen LogP contribution < -0.4 is 19.7 Å². The van der Waals surface area contributed by atoms with Crippen molar-refractivity contribution < 1.29 is 14.3 Å². The fourth-order valence-corrected chi connectivity index (χ4v) is 2.84. The SMILES string of the molecule is COc1ccc(NC(=O)c2ccc(N3CCN(C)CC3)nc2)c(OC)c1. The Morgan fingerprint density at radius 3 is 2.46 bits per heavy atom. The van der Waals surface area contributed by atoms with E-state index in [9.17, 15) is 4.79 Å². The van der Waals surface area contributed by atoms with Gasteiger partial charge in [0, 0.05) is 38.4 Å². The Bertz CT molecular complexity index is 756. The van der Waals surface area contributed by atoms with Gasteiger partial charge in [-0.25, -0.2) is 4.98 Å². The Balaban J connectivity index is 1.69. The molecule has 0 atom stereocenters. The lowest BCUT2D eigenvalue weighted by atomic mass is 10.2. The summed E-state index contributed by atoms with van der Waals surface area (Å²) in [5.41, 5.74) is 1.09. The van der Waals surface area contributed by atoms with Gasteiger partial charge in [0.1, 0.15) is 17.3 Å². The predicted octanol–water partition coefficient (Wildman–Crippen LogP) is 2.10. The molecule has 7 nitrogen and oxygen atoms in total. The van der Waals surface area contributed by atoms with Crippen LogP contribution in [0.3, 0.4) is 0 Å². The molecule has 0 spiro atoms. The monoisotopic (exact) mass is 356 g/mol. The van der Waals surface area contributed by atoms with Crippen molar-refractivity contribution in [2.45, 2.75) is 0 Å². The quantitative estimate of drug-likeness (QED) is 0.885. The van der Waals surface area contributed by atoms with Crippen LogP contribution in [0.1, 0.15) is 10.4 Å². The molecule has 7 heteroatoms. The van der Waals surface area contributed by atoms with Gasteiger partial charge in [0.25, 0.3) is 5.91 Å². The average molecular weight is 356 g/mol. The first kappa shape index (κ1) is 18.0. The van der Waals surface area contributed by atoms with E-state index < -0.39 is 0 Å². The third-order valence-electron chi connectivity index (χ3n) is 4.49. The summed E-state index contributed by atoms with van der Waals surface area (Å²) in [6.07, 6.45) is 1.61. The van der Waals surface area contributed by atoms with Crippen molar-refractivity contribution in [1.29, 1.82) is 0 Å². The molecule has 0 bridgehead atoms. The first-order valence-corrected chi connectivity index (χ1v) is 8.53. The van der Waals surface area contributed by atoms with E-state index in [1.165, 1.54) is 0 Å². The summed E-state index contributed by atoms with van der Waals surface area (Å²) < 4.78 is 10.5. The first-order chi connectivity index (χ1) is 12.6. The molecule has 2 heterocycles. The number of nitrogens with zero attached hydrogens (tertiary/aromatic N) is 3. The molecule has 26 heavy (non-hydrogen) atoms. The highest BCUT2D eigenvalue weighted by Gasteiger charge is 2.16. The third kappa shape index (κ3) is 4.05. The first-order valence-electron chi connectivity index (χ1n) is 8.53. The van der Waals surface area contributed by atoms with E-state index in [1.54, 1.807) is 44.7 Å². The summed E-state index contributed by atoms with van der Waals surface area (Å²) in [5.74, 6) is 1.88. The van der Waals surface area contributed by atoms with Crippen LogP contribution in [0.5, 0.6) is 11.5 Å². The van der Waals surface area contributed by atoms with Gasteiger partial charge in [-0.2, -0.15) is 0 Å². The standard InChI is InChI=1S/C19H24N4O3/c1-22-8-10-23(11-9-22)18-7-4-14(13-20-18)19(24)21-16-6-5-15(25-2)12-17(16)26-3/h4-7,12-13H,8-11H2,1-3H3,(H,21,24). The normalized spacial score (nSPS) is 14.8. The largest absolute Gasteiger partial charge is 0.497 e. The molecule has 0 unspecified atom stereocenters. The van der Waals surface area contributed by atoms with Crippen molar-refractivity contribution in [3.8, 4) is 11.5 Å². The fraction of sp³-hybridized carbons (Fsp3) is 0.368. The number of anilines is 2. The third-order valence-corrected chi connectivity index (χ3v) is 4.49. The summed E-state index contributed by atoms with van der Waals surface area (Å²) in [6.45, 7) is 3.92. The van der Waals surface area contributed by atoms with Gasteiger partial charge in [-0.1, -0.05) is 0 Å². The number of carbonyl (C=O) groups is 1. The highest BCUT2D eigenvalue weighted by atomic mass is 16.5. The average Bonchev–Trinajstić information content (AvgIpc) is 2.69. The van der Waals surface area contributed by atoms with Gasteiger partial charge in [-0.05, 0) is 31.3 Å². The number of nitrogens with one attached hydrogen (secondary N) is 1. The lowest BCUT2D eigenvalue weighted by Crippen LogP contribution is -2.44. The minimum absolute atomic E-state index is 0.231. The number of aromatic nitrogens is 1. The summed E-state index contributed by atoms with van der Waals surface area (Å²) in [4.78, 5) is 21.5. The van der Waals surface area contributed by atoms with Crippen LogP contribution in [0, 0.1) is 0 Å². The zero-order valence-corrected chi connectivity index (χ0v) is 15.4. The molecule has 0 aliphatic carbocycles. The molecule has 1 aliphatic rings. The van der Waals surface area contributed by atoms with Crippen molar-refractivity contribution in [3.05, 3.63) is 42.1 Å². The maximum absolute atomic E-state index is 12.5. The highest BCUT2D eigenvalue weighted by Crippen LogP contribution is 2.29. The van der Waals surface area contributed by atoms with Crippen molar-refractivity contribution >= 4 is 17.4 Å². The lowest BCUT2D eigenvalue weighted by molar-refractivity contribution is 0.102. The second-order valence-electron chi connectivity index (χ2n) is 6.22. The minimum atomic E-state index is -0.231. The molecule has 0 radical (unpaired) electrons. The maximum Gasteiger partial charge on any atom is 0.257 e. The highest BCUT2D eigenvalue weighted by molar-refractivity contribution is 6.05. The van der Waals surface area contributed by atoms with E-state index in [0.29, 0.717) is 22.7 Å². The Kier molecular flexibility index (Phi) is 5.58. The number of pyridine rings is 1. The molecule has 1 fully saturated rings. The number of benzene rings is 1. The lowest BCUT2D eigenvalue weighted by Gasteiger charge is -2.33. The van der Waals surface area contributed by atoms with Crippen LogP contribution in [0.25, 0.3) is 0 Å². The fourth-order valence-electron chi connectivity index (χ4n) is 2.84. The Morgan fingerprint density at radius 2 is 1.85 bits per heavy atom. The Morgan fingerprint density at radius 1 is 1.08 bits per heavy atom. The van der Waals surface area contributed by atoms with Gasteiger partial charge in [-0.15, -0.1) is 0 Å². The summed E-state index contributed by atoms with van der Waals surface area (Å²) in [5, 5.41) is 2.85. The van der Waals surface area contributed by atoms with E-state index in [0.717, 1.165) is 32.0 Å². The molecule has 1 N–H and O–H groups in total. The molecule has 1 amide bonds. The number of methoxy groups -OCH3 is 2. The van der Waals surface area contributed by atoms with E-state index in [-0.39, 0.29) is 5.91 Å². The molecule has 0 saturated carbocycles. The van der Waals surface area contributed by atoms with E-state index >= 15 is 0 Å². The second-order valence-corrected chi connectivity index (χ2v) is 6.22. The minimum Gasteiger partial charge on any atom is -0.497 e. The van der Waals surface area contributed by atoms with Crippen molar-refractivity contribution in [1.82, 2.24) is 9.88 Å². The Labute approximate surface area is 153 Å². The van der Waals surface area contributed by atoms with Gasteiger partial charge in [-0.3, -0.25) is 4.79 Å². The van der Waals surface area contributed by atoms with Crippen LogP contribution in [-0.4, -0.2) is 63.2 Å². The molecule has 1 aromatic heterocycles. The number of rotatable bonds is 5. The molecule has 1 aromatic carbocycles. The van der Waals surface area contributed by atoms with Crippen LogP contribution in [-0.2, 0) is 0 Å². The van der Waals surface area contributed by atoms with Crippen LogP contribution in [0.4, 0.5) is 11.5 Å². The second kappa shape index (κ2) is 8.05. The zero-order chi connectivity index (χ0) is 18.5. The molecule has 1 saturated heterocycles. The molecule has 1 aliphatic heterocycles. The molecule has 3 rings (SSSR count). The zero-order valence-electron chi connectivity index (χ0n) is 15.4. The van der Waals surface area contributed by atoms with Crippen molar-refractivity contribution in [2.24, 2.45) is 0 Å². The molecular formula is C19H24N4O3. The van der Waals surface area contributed by atoms with Crippen LogP contribution >= 0.6 is 0 Å². The van der Waals surface area contributed by atoms with Gasteiger partial charge in [0.15, 0.2) is 0 Å². The van der Waals surface area contributed by atoms with E-state index in [2.05, 4.69) is 27.1 Å². The number of likely N-dealkylation sites (N-methyl/N-ethyl adjacent to an activating group) is 1. The van der Waals surface area contributed by atoms with Gasteiger partial charge in [0.2, 0.25) is 0 Å². The number of ether oxygens (including phenoxy) is 2. The van der Waals surface area contributed by atoms with E-state index in [1.807, 2.05) is 6.07 Å². The molecule has 138 valence electrons.